The van der Waals surface area contributed by atoms with Crippen molar-refractivity contribution in [1.29, 1.82) is 0 Å². The molecule has 2 heterocycles. The minimum atomic E-state index is 0.130. The van der Waals surface area contributed by atoms with E-state index in [1.54, 1.807) is 16.0 Å². The number of aromatic nitrogens is 2. The fraction of sp³-hybridized carbons (Fsp3) is 0.333. The molecule has 0 atom stereocenters. The minimum Gasteiger partial charge on any atom is -0.292 e. The Hall–Kier alpha value is -1.42. The maximum absolute atomic E-state index is 12.0. The van der Waals surface area contributed by atoms with Crippen molar-refractivity contribution >= 4 is 17.1 Å². The number of rotatable bonds is 3. The largest absolute Gasteiger partial charge is 0.292 e. The Morgan fingerprint density at radius 1 is 1.44 bits per heavy atom. The highest BCUT2D eigenvalue weighted by Crippen LogP contribution is 2.21. The van der Waals surface area contributed by atoms with Crippen molar-refractivity contribution in [2.24, 2.45) is 0 Å². The Labute approximate surface area is 98.7 Å². The molecule has 0 radical (unpaired) electrons. The summed E-state index contributed by atoms with van der Waals surface area (Å²) in [4.78, 5) is 14.3. The number of carbonyl (C=O) groups is 1. The minimum absolute atomic E-state index is 0.130. The summed E-state index contributed by atoms with van der Waals surface area (Å²) in [6.45, 7) is 6.25. The highest BCUT2D eigenvalue weighted by molar-refractivity contribution is 7.12. The molecular weight excluding hydrogens is 220 g/mol. The number of Topliss-reactive ketones (excluding diaryl/α,β-unsaturated/α-hetero) is 1. The van der Waals surface area contributed by atoms with E-state index < -0.39 is 0 Å². The van der Waals surface area contributed by atoms with Gasteiger partial charge in [-0.2, -0.15) is 5.10 Å². The lowest BCUT2D eigenvalue weighted by Gasteiger charge is -2.00. The van der Waals surface area contributed by atoms with Gasteiger partial charge in [-0.05, 0) is 32.9 Å². The fourth-order valence-electron chi connectivity index (χ4n) is 1.69. The van der Waals surface area contributed by atoms with Crippen LogP contribution in [0.25, 0.3) is 0 Å². The summed E-state index contributed by atoms with van der Waals surface area (Å²) >= 11 is 1.66. The van der Waals surface area contributed by atoms with Crippen LogP contribution in [0.3, 0.4) is 0 Å². The van der Waals surface area contributed by atoms with Gasteiger partial charge in [-0.3, -0.25) is 9.48 Å². The number of ketones is 1. The number of nitrogens with zero attached hydrogens (tertiary/aromatic N) is 2. The number of aryl methyl sites for hydroxylation is 3. The molecule has 0 N–H and O–H groups in total. The molecule has 0 unspecified atom stereocenters. The lowest BCUT2D eigenvalue weighted by atomic mass is 10.1. The van der Waals surface area contributed by atoms with E-state index in [4.69, 9.17) is 0 Å². The zero-order valence-corrected chi connectivity index (χ0v) is 10.5. The second-order valence-corrected chi connectivity index (χ2v) is 5.37. The summed E-state index contributed by atoms with van der Waals surface area (Å²) in [5, 5.41) is 4.21. The zero-order chi connectivity index (χ0) is 11.7. The molecule has 0 saturated carbocycles. The molecule has 2 rings (SSSR count). The molecule has 0 aliphatic rings. The Kier molecular flexibility index (Phi) is 2.92. The van der Waals surface area contributed by atoms with Crippen molar-refractivity contribution in [3.05, 3.63) is 39.3 Å². The zero-order valence-electron chi connectivity index (χ0n) is 9.65. The fourth-order valence-corrected chi connectivity index (χ4v) is 2.63. The van der Waals surface area contributed by atoms with Gasteiger partial charge < -0.3 is 0 Å². The molecule has 2 aromatic rings. The van der Waals surface area contributed by atoms with Crippen LogP contribution in [0.5, 0.6) is 0 Å². The van der Waals surface area contributed by atoms with Gasteiger partial charge >= 0.3 is 0 Å². The molecule has 0 aliphatic heterocycles. The van der Waals surface area contributed by atoms with Gasteiger partial charge in [-0.15, -0.1) is 11.3 Å². The predicted octanol–water partition coefficient (Wildman–Crippen LogP) is 2.75. The third-order valence-corrected chi connectivity index (χ3v) is 3.39. The second-order valence-electron chi connectivity index (χ2n) is 3.90. The van der Waals surface area contributed by atoms with E-state index in [1.165, 1.54) is 4.88 Å². The predicted molar refractivity (Wildman–Crippen MR) is 65.1 cm³/mol. The van der Waals surface area contributed by atoms with Crippen LogP contribution in [0.4, 0.5) is 0 Å². The monoisotopic (exact) mass is 234 g/mol. The van der Waals surface area contributed by atoms with Crippen LogP contribution in [0.2, 0.25) is 0 Å². The first-order valence-corrected chi connectivity index (χ1v) is 5.98. The first-order chi connectivity index (χ1) is 7.56. The third-order valence-electron chi connectivity index (χ3n) is 2.42. The summed E-state index contributed by atoms with van der Waals surface area (Å²) in [7, 11) is 0. The number of hydrogen-bond acceptors (Lipinski definition) is 3. The van der Waals surface area contributed by atoms with Crippen molar-refractivity contribution < 1.29 is 4.79 Å². The van der Waals surface area contributed by atoms with Gasteiger partial charge in [0.1, 0.15) is 6.54 Å². The van der Waals surface area contributed by atoms with E-state index in [1.807, 2.05) is 39.1 Å². The van der Waals surface area contributed by atoms with E-state index in [2.05, 4.69) is 5.10 Å². The summed E-state index contributed by atoms with van der Waals surface area (Å²) < 4.78 is 1.68. The summed E-state index contributed by atoms with van der Waals surface area (Å²) in [6, 6.07) is 3.86. The van der Waals surface area contributed by atoms with Crippen molar-refractivity contribution in [3.8, 4) is 0 Å². The second kappa shape index (κ2) is 4.22. The van der Waals surface area contributed by atoms with Crippen LogP contribution in [0, 0.1) is 20.8 Å². The maximum Gasteiger partial charge on any atom is 0.185 e. The molecule has 2 aromatic heterocycles. The molecule has 0 spiro atoms. The molecule has 0 aliphatic carbocycles. The van der Waals surface area contributed by atoms with E-state index in [0.717, 1.165) is 16.1 Å². The van der Waals surface area contributed by atoms with Gasteiger partial charge in [0.15, 0.2) is 5.78 Å². The van der Waals surface area contributed by atoms with E-state index in [9.17, 15) is 4.79 Å². The Morgan fingerprint density at radius 2 is 2.19 bits per heavy atom. The van der Waals surface area contributed by atoms with E-state index >= 15 is 0 Å². The number of thiophene rings is 1. The lowest BCUT2D eigenvalue weighted by molar-refractivity contribution is 0.0967. The van der Waals surface area contributed by atoms with E-state index in [-0.39, 0.29) is 5.78 Å². The summed E-state index contributed by atoms with van der Waals surface area (Å²) in [5.74, 6) is 0.130. The van der Waals surface area contributed by atoms with Crippen LogP contribution in [-0.4, -0.2) is 15.6 Å². The van der Waals surface area contributed by atoms with Crippen LogP contribution < -0.4 is 0 Å². The molecule has 4 heteroatoms. The molecular formula is C12H14N2OS. The molecule has 0 fully saturated rings. The quantitative estimate of drug-likeness (QED) is 0.765. The normalized spacial score (nSPS) is 10.7. The van der Waals surface area contributed by atoms with Crippen molar-refractivity contribution in [1.82, 2.24) is 9.78 Å². The smallest absolute Gasteiger partial charge is 0.185 e. The highest BCUT2D eigenvalue weighted by atomic mass is 32.1. The van der Waals surface area contributed by atoms with Crippen LogP contribution in [0.1, 0.15) is 25.8 Å². The van der Waals surface area contributed by atoms with Crippen molar-refractivity contribution in [2.45, 2.75) is 27.3 Å². The SMILES string of the molecule is Cc1ccn(CC(=O)c2cc(C)sc2C)n1. The lowest BCUT2D eigenvalue weighted by Crippen LogP contribution is -2.11. The summed E-state index contributed by atoms with van der Waals surface area (Å²) in [5.41, 5.74) is 1.77. The molecule has 0 saturated heterocycles. The molecule has 16 heavy (non-hydrogen) atoms. The molecule has 0 amide bonds. The van der Waals surface area contributed by atoms with Crippen LogP contribution in [0.15, 0.2) is 18.3 Å². The van der Waals surface area contributed by atoms with Gasteiger partial charge in [-0.25, -0.2) is 0 Å². The number of hydrogen-bond donors (Lipinski definition) is 0. The first kappa shape index (κ1) is 11.1. The Balaban J connectivity index is 2.17. The molecule has 0 aromatic carbocycles. The average molecular weight is 234 g/mol. The standard InChI is InChI=1S/C12H14N2OS/c1-8-4-5-14(13-8)7-12(15)11-6-9(2)16-10(11)3/h4-6H,7H2,1-3H3. The average Bonchev–Trinajstić information content (AvgIpc) is 2.73. The van der Waals surface area contributed by atoms with Gasteiger partial charge in [0.25, 0.3) is 0 Å². The molecule has 0 bridgehead atoms. The van der Waals surface area contributed by atoms with Gasteiger partial charge in [-0.1, -0.05) is 0 Å². The maximum atomic E-state index is 12.0. The van der Waals surface area contributed by atoms with Crippen molar-refractivity contribution in [2.75, 3.05) is 0 Å². The highest BCUT2D eigenvalue weighted by Gasteiger charge is 2.12. The molecule has 3 nitrogen and oxygen atoms in total. The van der Waals surface area contributed by atoms with E-state index in [0.29, 0.717) is 6.54 Å². The number of carbonyl (C=O) groups excluding carboxylic acids is 1. The van der Waals surface area contributed by atoms with Crippen molar-refractivity contribution in [3.63, 3.8) is 0 Å². The topological polar surface area (TPSA) is 34.9 Å². The Bertz CT molecular complexity index is 525. The Morgan fingerprint density at radius 3 is 2.69 bits per heavy atom. The molecule has 84 valence electrons. The van der Waals surface area contributed by atoms with Gasteiger partial charge in [0.05, 0.1) is 5.69 Å². The van der Waals surface area contributed by atoms with Gasteiger partial charge in [0.2, 0.25) is 0 Å². The van der Waals surface area contributed by atoms with Crippen LogP contribution >= 0.6 is 11.3 Å². The summed E-state index contributed by atoms with van der Waals surface area (Å²) in [6.07, 6.45) is 1.84. The first-order valence-electron chi connectivity index (χ1n) is 5.16. The van der Waals surface area contributed by atoms with Crippen LogP contribution in [-0.2, 0) is 6.54 Å². The third kappa shape index (κ3) is 2.22. The van der Waals surface area contributed by atoms with Gasteiger partial charge in [0, 0.05) is 21.5 Å².